The van der Waals surface area contributed by atoms with E-state index >= 15 is 0 Å². The number of hydrogen-bond acceptors (Lipinski definition) is 3. The predicted molar refractivity (Wildman–Crippen MR) is 63.3 cm³/mol. The zero-order chi connectivity index (χ0) is 11.6. The first-order valence-electron chi connectivity index (χ1n) is 5.82. The lowest BCUT2D eigenvalue weighted by molar-refractivity contribution is 0.0739. The van der Waals surface area contributed by atoms with E-state index in [0.717, 1.165) is 25.1 Å². The average Bonchev–Trinajstić information content (AvgIpc) is 2.79. The summed E-state index contributed by atoms with van der Waals surface area (Å²) < 4.78 is 0. The maximum absolute atomic E-state index is 12.5. The Labute approximate surface area is 96.3 Å². The zero-order valence-electron chi connectivity index (χ0n) is 9.86. The number of carbonyl (C=O) groups excluding carboxylic acids is 1. The minimum atomic E-state index is -0.233. The predicted octanol–water partition coefficient (Wildman–Crippen LogP) is 1.90. The number of rotatable bonds is 3. The molecule has 0 aliphatic carbocycles. The summed E-state index contributed by atoms with van der Waals surface area (Å²) in [6, 6.07) is 3.68. The summed E-state index contributed by atoms with van der Waals surface area (Å²) in [6.07, 6.45) is 4.30. The Morgan fingerprint density at radius 2 is 2.38 bits per heavy atom. The lowest BCUT2D eigenvalue weighted by atomic mass is 9.71. The van der Waals surface area contributed by atoms with Crippen LogP contribution < -0.4 is 5.32 Å². The van der Waals surface area contributed by atoms with Crippen molar-refractivity contribution in [3.8, 4) is 0 Å². The van der Waals surface area contributed by atoms with Gasteiger partial charge in [-0.1, -0.05) is 13.8 Å². The molecule has 1 saturated heterocycles. The Morgan fingerprint density at radius 1 is 1.56 bits per heavy atom. The number of carbonyl (C=O) groups is 1. The van der Waals surface area contributed by atoms with Crippen LogP contribution in [0.25, 0.3) is 0 Å². The number of nitrogens with one attached hydrogen (secondary N) is 1. The topological polar surface area (TPSA) is 42.0 Å². The molecule has 0 saturated carbocycles. The van der Waals surface area contributed by atoms with Crippen molar-refractivity contribution in [1.29, 1.82) is 0 Å². The van der Waals surface area contributed by atoms with Crippen molar-refractivity contribution in [2.75, 3.05) is 13.1 Å². The molecule has 1 unspecified atom stereocenters. The van der Waals surface area contributed by atoms with E-state index in [9.17, 15) is 4.79 Å². The van der Waals surface area contributed by atoms with Crippen LogP contribution in [0.1, 0.15) is 30.6 Å². The maximum atomic E-state index is 12.5. The fourth-order valence-corrected chi connectivity index (χ4v) is 2.44. The van der Waals surface area contributed by atoms with Gasteiger partial charge in [0.05, 0.1) is 0 Å². The van der Waals surface area contributed by atoms with Crippen molar-refractivity contribution in [3.63, 3.8) is 0 Å². The molecule has 0 aromatic carbocycles. The number of Topliss-reactive ketones (excluding diaryl/α,β-unsaturated/α-hetero) is 1. The molecule has 0 bridgehead atoms. The van der Waals surface area contributed by atoms with Crippen molar-refractivity contribution in [3.05, 3.63) is 30.1 Å². The van der Waals surface area contributed by atoms with E-state index in [1.165, 1.54) is 0 Å². The van der Waals surface area contributed by atoms with E-state index in [4.69, 9.17) is 0 Å². The molecule has 1 aromatic rings. The summed E-state index contributed by atoms with van der Waals surface area (Å²) in [5.74, 6) is 0.593. The first-order chi connectivity index (χ1) is 7.67. The van der Waals surface area contributed by atoms with Gasteiger partial charge in [-0.2, -0.15) is 0 Å². The van der Waals surface area contributed by atoms with Crippen LogP contribution in [0, 0.1) is 11.3 Å². The second kappa shape index (κ2) is 4.34. The Hall–Kier alpha value is -1.22. The average molecular weight is 218 g/mol. The van der Waals surface area contributed by atoms with Gasteiger partial charge in [-0.15, -0.1) is 0 Å². The van der Waals surface area contributed by atoms with E-state index in [1.807, 2.05) is 12.1 Å². The van der Waals surface area contributed by atoms with Gasteiger partial charge in [0.2, 0.25) is 0 Å². The van der Waals surface area contributed by atoms with E-state index < -0.39 is 0 Å². The van der Waals surface area contributed by atoms with Crippen molar-refractivity contribution in [2.45, 2.75) is 20.3 Å². The van der Waals surface area contributed by atoms with Crippen LogP contribution in [0.15, 0.2) is 24.5 Å². The van der Waals surface area contributed by atoms with Gasteiger partial charge in [0.1, 0.15) is 0 Å². The Bertz CT molecular complexity index is 367. The monoisotopic (exact) mass is 218 g/mol. The first-order valence-corrected chi connectivity index (χ1v) is 5.82. The van der Waals surface area contributed by atoms with Gasteiger partial charge in [0.25, 0.3) is 0 Å². The van der Waals surface area contributed by atoms with Crippen LogP contribution in [0.5, 0.6) is 0 Å². The molecule has 16 heavy (non-hydrogen) atoms. The van der Waals surface area contributed by atoms with Gasteiger partial charge < -0.3 is 5.32 Å². The molecule has 3 nitrogen and oxygen atoms in total. The number of aromatic nitrogens is 1. The van der Waals surface area contributed by atoms with E-state index in [1.54, 1.807) is 12.4 Å². The van der Waals surface area contributed by atoms with Crippen molar-refractivity contribution in [2.24, 2.45) is 11.3 Å². The maximum Gasteiger partial charge on any atom is 0.172 e. The number of pyridine rings is 1. The summed E-state index contributed by atoms with van der Waals surface area (Å²) in [7, 11) is 0. The number of ketones is 1. The third-order valence-electron chi connectivity index (χ3n) is 3.67. The fourth-order valence-electron chi connectivity index (χ4n) is 2.44. The fraction of sp³-hybridized carbons (Fsp3) is 0.538. The van der Waals surface area contributed by atoms with Gasteiger partial charge in [-0.25, -0.2) is 0 Å². The summed E-state index contributed by atoms with van der Waals surface area (Å²) in [5.41, 5.74) is 0.503. The van der Waals surface area contributed by atoms with Crippen molar-refractivity contribution in [1.82, 2.24) is 10.3 Å². The summed E-state index contributed by atoms with van der Waals surface area (Å²) in [4.78, 5) is 16.6. The third kappa shape index (κ3) is 1.76. The van der Waals surface area contributed by atoms with E-state index in [-0.39, 0.29) is 11.2 Å². The zero-order valence-corrected chi connectivity index (χ0v) is 9.86. The molecule has 1 aromatic heterocycles. The number of nitrogens with zero attached hydrogens (tertiary/aromatic N) is 1. The van der Waals surface area contributed by atoms with Gasteiger partial charge in [0.15, 0.2) is 5.78 Å². The van der Waals surface area contributed by atoms with Crippen LogP contribution in [0.2, 0.25) is 0 Å². The summed E-state index contributed by atoms with van der Waals surface area (Å²) >= 11 is 0. The van der Waals surface area contributed by atoms with Crippen molar-refractivity contribution >= 4 is 5.78 Å². The molecule has 2 rings (SSSR count). The minimum Gasteiger partial charge on any atom is -0.316 e. The molecule has 0 spiro atoms. The molecular weight excluding hydrogens is 200 g/mol. The van der Waals surface area contributed by atoms with E-state index in [0.29, 0.717) is 5.92 Å². The molecule has 2 heterocycles. The lowest BCUT2D eigenvalue weighted by Gasteiger charge is -2.30. The van der Waals surface area contributed by atoms with Crippen LogP contribution in [-0.4, -0.2) is 23.9 Å². The molecular formula is C13H18N2O. The van der Waals surface area contributed by atoms with Crippen molar-refractivity contribution < 1.29 is 4.79 Å². The normalized spacial score (nSPS) is 24.9. The molecule has 1 aliphatic rings. The Morgan fingerprint density at radius 3 is 2.88 bits per heavy atom. The largest absolute Gasteiger partial charge is 0.316 e. The highest BCUT2D eigenvalue weighted by Gasteiger charge is 2.43. The summed E-state index contributed by atoms with van der Waals surface area (Å²) in [6.45, 7) is 5.98. The van der Waals surface area contributed by atoms with Crippen LogP contribution >= 0.6 is 0 Å². The highest BCUT2D eigenvalue weighted by atomic mass is 16.1. The smallest absolute Gasteiger partial charge is 0.172 e. The SMILES string of the molecule is CC(C)C1(C(=O)c2cccnc2)CCNC1. The first kappa shape index (κ1) is 11.3. The standard InChI is InChI=1S/C13H18N2O/c1-10(2)13(5-7-15-9-13)12(16)11-4-3-6-14-8-11/h3-4,6,8,10,15H,5,7,9H2,1-2H3. The molecule has 1 atom stereocenters. The number of hydrogen-bond donors (Lipinski definition) is 1. The third-order valence-corrected chi connectivity index (χ3v) is 3.67. The highest BCUT2D eigenvalue weighted by molar-refractivity contribution is 6.00. The minimum absolute atomic E-state index is 0.233. The summed E-state index contributed by atoms with van der Waals surface area (Å²) in [5, 5.41) is 3.30. The van der Waals surface area contributed by atoms with Crippen LogP contribution in [0.3, 0.4) is 0 Å². The second-order valence-electron chi connectivity index (χ2n) is 4.81. The van der Waals surface area contributed by atoms with Crippen LogP contribution in [0.4, 0.5) is 0 Å². The van der Waals surface area contributed by atoms with Gasteiger partial charge >= 0.3 is 0 Å². The molecule has 1 aliphatic heterocycles. The second-order valence-corrected chi connectivity index (χ2v) is 4.81. The van der Waals surface area contributed by atoms with Gasteiger partial charge in [-0.3, -0.25) is 9.78 Å². The Balaban J connectivity index is 2.32. The molecule has 0 amide bonds. The molecule has 3 heteroatoms. The molecule has 0 radical (unpaired) electrons. The van der Waals surface area contributed by atoms with Gasteiger partial charge in [-0.05, 0) is 31.0 Å². The Kier molecular flexibility index (Phi) is 3.06. The molecule has 1 fully saturated rings. The lowest BCUT2D eigenvalue weighted by Crippen LogP contribution is -2.38. The van der Waals surface area contributed by atoms with E-state index in [2.05, 4.69) is 24.1 Å². The quantitative estimate of drug-likeness (QED) is 0.788. The highest BCUT2D eigenvalue weighted by Crippen LogP contribution is 2.37. The molecule has 86 valence electrons. The van der Waals surface area contributed by atoms with Crippen LogP contribution in [-0.2, 0) is 0 Å². The molecule has 1 N–H and O–H groups in total. The van der Waals surface area contributed by atoms with Gasteiger partial charge in [0, 0.05) is 29.9 Å².